The van der Waals surface area contributed by atoms with Gasteiger partial charge in [-0.05, 0) is 14.1 Å². The second-order valence-corrected chi connectivity index (χ2v) is 3.90. The third-order valence-corrected chi connectivity index (χ3v) is 2.41. The van der Waals surface area contributed by atoms with Crippen LogP contribution in [0.5, 0.6) is 0 Å². The topological polar surface area (TPSA) is 18.5 Å². The van der Waals surface area contributed by atoms with Gasteiger partial charge >= 0.3 is 0 Å². The van der Waals surface area contributed by atoms with Crippen molar-refractivity contribution in [2.75, 3.05) is 46.8 Å². The molecule has 0 bridgehead atoms. The highest BCUT2D eigenvalue weighted by atomic mass is 15.2. The van der Waals surface area contributed by atoms with Crippen molar-refractivity contribution in [1.82, 2.24) is 15.1 Å². The van der Waals surface area contributed by atoms with E-state index in [0.717, 1.165) is 32.7 Å². The van der Waals surface area contributed by atoms with Gasteiger partial charge in [0.2, 0.25) is 0 Å². The predicted molar refractivity (Wildman–Crippen MR) is 57.0 cm³/mol. The predicted octanol–water partition coefficient (Wildman–Crippen LogP) is 0.00780. The number of nitrogens with one attached hydrogen (secondary N) is 1. The van der Waals surface area contributed by atoms with Gasteiger partial charge in [-0.15, -0.1) is 6.58 Å². The molecule has 1 unspecified atom stereocenters. The van der Waals surface area contributed by atoms with Crippen molar-refractivity contribution in [2.45, 2.75) is 6.04 Å². The van der Waals surface area contributed by atoms with Crippen LogP contribution in [0.1, 0.15) is 0 Å². The van der Waals surface area contributed by atoms with Crippen LogP contribution in [0.15, 0.2) is 12.7 Å². The number of hydrogen-bond acceptors (Lipinski definition) is 3. The van der Waals surface area contributed by atoms with E-state index in [0.29, 0.717) is 6.04 Å². The standard InChI is InChI=1S/C10H21N3/c1-4-6-13-7-5-11-8-10(13)9-12(2)3/h4,10-11H,1,5-9H2,2-3H3. The monoisotopic (exact) mass is 183 g/mol. The summed E-state index contributed by atoms with van der Waals surface area (Å²) in [5.41, 5.74) is 0. The fraction of sp³-hybridized carbons (Fsp3) is 0.800. The molecule has 3 heteroatoms. The number of hydrogen-bond donors (Lipinski definition) is 1. The maximum Gasteiger partial charge on any atom is 0.0351 e. The fourth-order valence-corrected chi connectivity index (χ4v) is 1.81. The van der Waals surface area contributed by atoms with E-state index in [1.807, 2.05) is 6.08 Å². The van der Waals surface area contributed by atoms with Crippen molar-refractivity contribution in [3.63, 3.8) is 0 Å². The molecule has 1 heterocycles. The third-order valence-electron chi connectivity index (χ3n) is 2.41. The average Bonchev–Trinajstić information content (AvgIpc) is 2.08. The molecule has 1 atom stereocenters. The summed E-state index contributed by atoms with van der Waals surface area (Å²) in [4.78, 5) is 4.73. The van der Waals surface area contributed by atoms with Crippen LogP contribution in [0.4, 0.5) is 0 Å². The highest BCUT2D eigenvalue weighted by Gasteiger charge is 2.20. The van der Waals surface area contributed by atoms with Gasteiger partial charge in [0.15, 0.2) is 0 Å². The summed E-state index contributed by atoms with van der Waals surface area (Å²) in [5, 5.41) is 3.43. The van der Waals surface area contributed by atoms with E-state index in [2.05, 4.69) is 35.8 Å². The Morgan fingerprint density at radius 2 is 2.38 bits per heavy atom. The Kier molecular flexibility index (Phi) is 4.42. The minimum Gasteiger partial charge on any atom is -0.314 e. The highest BCUT2D eigenvalue weighted by Crippen LogP contribution is 2.03. The minimum absolute atomic E-state index is 0.641. The number of likely N-dealkylation sites (N-methyl/N-ethyl adjacent to an activating group) is 1. The van der Waals surface area contributed by atoms with E-state index in [9.17, 15) is 0 Å². The van der Waals surface area contributed by atoms with Gasteiger partial charge in [0, 0.05) is 38.8 Å². The summed E-state index contributed by atoms with van der Waals surface area (Å²) < 4.78 is 0. The second kappa shape index (κ2) is 5.37. The van der Waals surface area contributed by atoms with Gasteiger partial charge in [0.25, 0.3) is 0 Å². The van der Waals surface area contributed by atoms with Gasteiger partial charge in [-0.3, -0.25) is 4.90 Å². The number of nitrogens with zero attached hydrogens (tertiary/aromatic N) is 2. The van der Waals surface area contributed by atoms with Crippen LogP contribution in [-0.2, 0) is 0 Å². The normalized spacial score (nSPS) is 25.0. The van der Waals surface area contributed by atoms with Crippen molar-refractivity contribution in [2.24, 2.45) is 0 Å². The van der Waals surface area contributed by atoms with Gasteiger partial charge in [-0.1, -0.05) is 6.08 Å². The van der Waals surface area contributed by atoms with E-state index in [4.69, 9.17) is 0 Å². The lowest BCUT2D eigenvalue weighted by molar-refractivity contribution is 0.147. The maximum atomic E-state index is 3.79. The molecular weight excluding hydrogens is 162 g/mol. The van der Waals surface area contributed by atoms with Crippen LogP contribution in [0.25, 0.3) is 0 Å². The summed E-state index contributed by atoms with van der Waals surface area (Å²) in [6.07, 6.45) is 1.99. The molecule has 1 rings (SSSR count). The quantitative estimate of drug-likeness (QED) is 0.619. The minimum atomic E-state index is 0.641. The van der Waals surface area contributed by atoms with Crippen molar-refractivity contribution in [3.8, 4) is 0 Å². The van der Waals surface area contributed by atoms with Crippen LogP contribution in [0, 0.1) is 0 Å². The van der Waals surface area contributed by atoms with Gasteiger partial charge in [0.05, 0.1) is 0 Å². The zero-order valence-electron chi connectivity index (χ0n) is 8.79. The van der Waals surface area contributed by atoms with Crippen LogP contribution >= 0.6 is 0 Å². The molecule has 1 aliphatic rings. The summed E-state index contributed by atoms with van der Waals surface area (Å²) >= 11 is 0. The van der Waals surface area contributed by atoms with Gasteiger partial charge in [-0.2, -0.15) is 0 Å². The summed E-state index contributed by atoms with van der Waals surface area (Å²) in [7, 11) is 4.25. The van der Waals surface area contributed by atoms with Crippen LogP contribution in [0.2, 0.25) is 0 Å². The molecule has 0 radical (unpaired) electrons. The molecule has 0 aliphatic carbocycles. The average molecular weight is 183 g/mol. The first-order valence-electron chi connectivity index (χ1n) is 4.94. The van der Waals surface area contributed by atoms with Crippen molar-refractivity contribution < 1.29 is 0 Å². The Morgan fingerprint density at radius 3 is 3.00 bits per heavy atom. The van der Waals surface area contributed by atoms with E-state index in [1.54, 1.807) is 0 Å². The fourth-order valence-electron chi connectivity index (χ4n) is 1.81. The Morgan fingerprint density at radius 1 is 1.62 bits per heavy atom. The van der Waals surface area contributed by atoms with Crippen LogP contribution < -0.4 is 5.32 Å². The second-order valence-electron chi connectivity index (χ2n) is 3.90. The Balaban J connectivity index is 2.41. The molecule has 76 valence electrons. The van der Waals surface area contributed by atoms with Crippen molar-refractivity contribution >= 4 is 0 Å². The van der Waals surface area contributed by atoms with E-state index in [-0.39, 0.29) is 0 Å². The number of piperazine rings is 1. The number of rotatable bonds is 4. The molecule has 1 saturated heterocycles. The van der Waals surface area contributed by atoms with Crippen LogP contribution in [0.3, 0.4) is 0 Å². The maximum absolute atomic E-state index is 3.79. The first-order chi connectivity index (χ1) is 6.24. The summed E-state index contributed by atoms with van der Waals surface area (Å²) in [6.45, 7) is 9.29. The lowest BCUT2D eigenvalue weighted by atomic mass is 10.2. The van der Waals surface area contributed by atoms with Gasteiger partial charge < -0.3 is 10.2 Å². The molecule has 1 fully saturated rings. The first-order valence-corrected chi connectivity index (χ1v) is 4.94. The molecule has 0 saturated carbocycles. The van der Waals surface area contributed by atoms with E-state index < -0.39 is 0 Å². The SMILES string of the molecule is C=CCN1CCNCC1CN(C)C. The van der Waals surface area contributed by atoms with E-state index >= 15 is 0 Å². The Hall–Kier alpha value is -0.380. The molecule has 0 spiro atoms. The van der Waals surface area contributed by atoms with E-state index in [1.165, 1.54) is 0 Å². The Bertz CT molecular complexity index is 156. The zero-order chi connectivity index (χ0) is 9.68. The third kappa shape index (κ3) is 3.46. The summed E-state index contributed by atoms with van der Waals surface area (Å²) in [5.74, 6) is 0. The molecule has 13 heavy (non-hydrogen) atoms. The highest BCUT2D eigenvalue weighted by molar-refractivity contribution is 4.85. The van der Waals surface area contributed by atoms with Gasteiger partial charge in [-0.25, -0.2) is 0 Å². The molecule has 3 nitrogen and oxygen atoms in total. The zero-order valence-corrected chi connectivity index (χ0v) is 8.79. The molecule has 0 aromatic heterocycles. The van der Waals surface area contributed by atoms with Crippen molar-refractivity contribution in [1.29, 1.82) is 0 Å². The summed E-state index contributed by atoms with van der Waals surface area (Å²) in [6, 6.07) is 0.641. The molecule has 0 amide bonds. The lowest BCUT2D eigenvalue weighted by Gasteiger charge is -2.36. The molecule has 0 aromatic rings. The smallest absolute Gasteiger partial charge is 0.0351 e. The van der Waals surface area contributed by atoms with Crippen LogP contribution in [-0.4, -0.2) is 62.7 Å². The Labute approximate surface area is 81.4 Å². The van der Waals surface area contributed by atoms with Gasteiger partial charge in [0.1, 0.15) is 0 Å². The largest absolute Gasteiger partial charge is 0.314 e. The molecule has 1 N–H and O–H groups in total. The molecule has 1 aliphatic heterocycles. The molecule has 0 aromatic carbocycles. The lowest BCUT2D eigenvalue weighted by Crippen LogP contribution is -2.54. The molecular formula is C10H21N3. The first kappa shape index (κ1) is 10.7. The van der Waals surface area contributed by atoms with Crippen molar-refractivity contribution in [3.05, 3.63) is 12.7 Å².